The van der Waals surface area contributed by atoms with Gasteiger partial charge in [0.25, 0.3) is 15.7 Å². The van der Waals surface area contributed by atoms with Gasteiger partial charge in [0.1, 0.15) is 0 Å². The maximum Gasteiger partial charge on any atom is 0.316 e. The van der Waals surface area contributed by atoms with Crippen LogP contribution in [0, 0.1) is 10.1 Å². The molecule has 0 radical (unpaired) electrons. The van der Waals surface area contributed by atoms with Gasteiger partial charge in [0.2, 0.25) is 0 Å². The quantitative estimate of drug-likeness (QED) is 0.564. The van der Waals surface area contributed by atoms with Gasteiger partial charge in [-0.25, -0.2) is 13.2 Å². The second-order valence-corrected chi connectivity index (χ2v) is 6.11. The SMILES string of the molecule is NC(=O)Nc1cccc(NS(=O)(=O)c2ccc([N+](=O)[O-])cc2)c1. The first-order valence-electron chi connectivity index (χ1n) is 6.22. The van der Waals surface area contributed by atoms with Crippen LogP contribution in [-0.4, -0.2) is 19.4 Å². The number of amides is 2. The van der Waals surface area contributed by atoms with Crippen LogP contribution in [0.1, 0.15) is 0 Å². The summed E-state index contributed by atoms with van der Waals surface area (Å²) in [6.45, 7) is 0. The Morgan fingerprint density at radius 2 is 1.70 bits per heavy atom. The first-order chi connectivity index (χ1) is 10.8. The molecule has 0 heterocycles. The number of hydrogen-bond donors (Lipinski definition) is 3. The van der Waals surface area contributed by atoms with Gasteiger partial charge in [0, 0.05) is 17.8 Å². The summed E-state index contributed by atoms with van der Waals surface area (Å²) in [4.78, 5) is 20.6. The molecule has 0 aliphatic rings. The molecule has 2 rings (SSSR count). The van der Waals surface area contributed by atoms with Crippen molar-refractivity contribution in [1.82, 2.24) is 0 Å². The van der Waals surface area contributed by atoms with Crippen molar-refractivity contribution in [3.8, 4) is 0 Å². The monoisotopic (exact) mass is 336 g/mol. The van der Waals surface area contributed by atoms with Crippen molar-refractivity contribution in [1.29, 1.82) is 0 Å². The Labute approximate surface area is 131 Å². The number of rotatable bonds is 5. The molecule has 0 saturated carbocycles. The Balaban J connectivity index is 2.24. The number of nitro groups is 1. The van der Waals surface area contributed by atoms with Gasteiger partial charge < -0.3 is 11.1 Å². The van der Waals surface area contributed by atoms with Crippen LogP contribution in [0.3, 0.4) is 0 Å². The summed E-state index contributed by atoms with van der Waals surface area (Å²) in [5.74, 6) is 0. The van der Waals surface area contributed by atoms with Crippen molar-refractivity contribution in [2.45, 2.75) is 4.90 Å². The van der Waals surface area contributed by atoms with E-state index in [1.165, 1.54) is 24.3 Å². The molecule has 9 nitrogen and oxygen atoms in total. The van der Waals surface area contributed by atoms with Crippen molar-refractivity contribution in [3.05, 3.63) is 58.6 Å². The zero-order valence-corrected chi connectivity index (χ0v) is 12.4. The standard InChI is InChI=1S/C13H12N4O5S/c14-13(18)15-9-2-1-3-10(8-9)16-23(21,22)12-6-4-11(5-7-12)17(19)20/h1-8,16H,(H3,14,15,18). The van der Waals surface area contributed by atoms with Crippen molar-refractivity contribution in [2.75, 3.05) is 10.0 Å². The molecular weight excluding hydrogens is 324 g/mol. The number of sulfonamides is 1. The molecule has 10 heteroatoms. The number of nitrogens with one attached hydrogen (secondary N) is 2. The summed E-state index contributed by atoms with van der Waals surface area (Å²) in [7, 11) is -3.92. The fraction of sp³-hybridized carbons (Fsp3) is 0. The van der Waals surface area contributed by atoms with Gasteiger partial charge in [0.15, 0.2) is 0 Å². The highest BCUT2D eigenvalue weighted by atomic mass is 32.2. The first-order valence-corrected chi connectivity index (χ1v) is 7.70. The van der Waals surface area contributed by atoms with E-state index < -0.39 is 21.0 Å². The fourth-order valence-corrected chi connectivity index (χ4v) is 2.81. The highest BCUT2D eigenvalue weighted by molar-refractivity contribution is 7.92. The van der Waals surface area contributed by atoms with Crippen LogP contribution in [0.15, 0.2) is 53.4 Å². The lowest BCUT2D eigenvalue weighted by atomic mass is 10.3. The zero-order valence-electron chi connectivity index (χ0n) is 11.6. The minimum Gasteiger partial charge on any atom is -0.351 e. The topological polar surface area (TPSA) is 144 Å². The van der Waals surface area contributed by atoms with E-state index in [2.05, 4.69) is 10.0 Å². The zero-order chi connectivity index (χ0) is 17.0. The summed E-state index contributed by atoms with van der Waals surface area (Å²) in [6.07, 6.45) is 0. The summed E-state index contributed by atoms with van der Waals surface area (Å²) in [6, 6.07) is 9.60. The lowest BCUT2D eigenvalue weighted by molar-refractivity contribution is -0.384. The Hall–Kier alpha value is -3.14. The number of carbonyl (C=O) groups is 1. The van der Waals surface area contributed by atoms with Crippen LogP contribution in [-0.2, 0) is 10.0 Å². The average molecular weight is 336 g/mol. The minimum absolute atomic E-state index is 0.128. The normalized spacial score (nSPS) is 10.8. The van der Waals surface area contributed by atoms with Crippen molar-refractivity contribution in [2.24, 2.45) is 5.73 Å². The van der Waals surface area contributed by atoms with Gasteiger partial charge in [-0.2, -0.15) is 0 Å². The molecule has 0 saturated heterocycles. The molecular formula is C13H12N4O5S. The molecule has 2 amide bonds. The number of non-ortho nitro benzene ring substituents is 1. The van der Waals surface area contributed by atoms with Crippen LogP contribution in [0.5, 0.6) is 0 Å². The second-order valence-electron chi connectivity index (χ2n) is 4.43. The van der Waals surface area contributed by atoms with Gasteiger partial charge in [-0.05, 0) is 30.3 Å². The van der Waals surface area contributed by atoms with E-state index in [1.807, 2.05) is 0 Å². The lowest BCUT2D eigenvalue weighted by Crippen LogP contribution is -2.19. The van der Waals surface area contributed by atoms with Gasteiger partial charge in [-0.15, -0.1) is 0 Å². The van der Waals surface area contributed by atoms with E-state index in [0.29, 0.717) is 5.69 Å². The maximum absolute atomic E-state index is 12.2. The summed E-state index contributed by atoms with van der Waals surface area (Å²) in [5, 5.41) is 12.9. The van der Waals surface area contributed by atoms with Gasteiger partial charge >= 0.3 is 6.03 Å². The Morgan fingerprint density at radius 1 is 1.09 bits per heavy atom. The van der Waals surface area contributed by atoms with Crippen LogP contribution in [0.4, 0.5) is 21.9 Å². The van der Waals surface area contributed by atoms with Crippen LogP contribution in [0.2, 0.25) is 0 Å². The summed E-state index contributed by atoms with van der Waals surface area (Å²) >= 11 is 0. The first kappa shape index (κ1) is 16.2. The predicted octanol–water partition coefficient (Wildman–Crippen LogP) is 1.89. The molecule has 2 aromatic carbocycles. The number of nitro benzene ring substituents is 1. The van der Waals surface area contributed by atoms with E-state index in [1.54, 1.807) is 0 Å². The number of benzene rings is 2. The van der Waals surface area contributed by atoms with Gasteiger partial charge in [0.05, 0.1) is 15.5 Å². The minimum atomic E-state index is -3.92. The fourth-order valence-electron chi connectivity index (χ4n) is 1.76. The van der Waals surface area contributed by atoms with Gasteiger partial charge in [-0.3, -0.25) is 14.8 Å². The Morgan fingerprint density at radius 3 is 2.26 bits per heavy atom. The highest BCUT2D eigenvalue weighted by Gasteiger charge is 2.16. The van der Waals surface area contributed by atoms with E-state index in [-0.39, 0.29) is 16.3 Å². The van der Waals surface area contributed by atoms with Crippen molar-refractivity contribution < 1.29 is 18.1 Å². The van der Waals surface area contributed by atoms with Crippen LogP contribution >= 0.6 is 0 Å². The van der Waals surface area contributed by atoms with E-state index in [0.717, 1.165) is 24.3 Å². The molecule has 4 N–H and O–H groups in total. The maximum atomic E-state index is 12.2. The average Bonchev–Trinajstić information content (AvgIpc) is 2.46. The third-order valence-electron chi connectivity index (χ3n) is 2.74. The number of nitrogens with zero attached hydrogens (tertiary/aromatic N) is 1. The molecule has 0 aliphatic carbocycles. The number of nitrogens with two attached hydrogens (primary N) is 1. The smallest absolute Gasteiger partial charge is 0.316 e. The van der Waals surface area contributed by atoms with Crippen LogP contribution in [0.25, 0.3) is 0 Å². The number of carbonyl (C=O) groups excluding carboxylic acids is 1. The number of primary amides is 1. The Bertz CT molecular complexity index is 849. The molecule has 2 aromatic rings. The molecule has 0 aliphatic heterocycles. The molecule has 0 bridgehead atoms. The summed E-state index contributed by atoms with van der Waals surface area (Å²) < 4.78 is 26.8. The predicted molar refractivity (Wildman–Crippen MR) is 83.6 cm³/mol. The number of anilines is 2. The van der Waals surface area contributed by atoms with Crippen molar-refractivity contribution >= 4 is 33.1 Å². The van der Waals surface area contributed by atoms with Crippen LogP contribution < -0.4 is 15.8 Å². The molecule has 0 spiro atoms. The largest absolute Gasteiger partial charge is 0.351 e. The van der Waals surface area contributed by atoms with E-state index in [9.17, 15) is 23.3 Å². The lowest BCUT2D eigenvalue weighted by Gasteiger charge is -2.09. The van der Waals surface area contributed by atoms with E-state index >= 15 is 0 Å². The molecule has 0 fully saturated rings. The second kappa shape index (κ2) is 6.32. The molecule has 0 unspecified atom stereocenters. The van der Waals surface area contributed by atoms with E-state index in [4.69, 9.17) is 5.73 Å². The molecule has 0 atom stereocenters. The molecule has 120 valence electrons. The number of hydrogen-bond acceptors (Lipinski definition) is 5. The summed E-state index contributed by atoms with van der Waals surface area (Å²) in [5.41, 5.74) is 5.30. The third kappa shape index (κ3) is 4.17. The van der Waals surface area contributed by atoms with Crippen molar-refractivity contribution in [3.63, 3.8) is 0 Å². The molecule has 23 heavy (non-hydrogen) atoms. The highest BCUT2D eigenvalue weighted by Crippen LogP contribution is 2.21. The van der Waals surface area contributed by atoms with Gasteiger partial charge in [-0.1, -0.05) is 6.07 Å². The number of urea groups is 1. The third-order valence-corrected chi connectivity index (χ3v) is 4.14. The molecule has 0 aromatic heterocycles. The Kier molecular flexibility index (Phi) is 4.46.